The highest BCUT2D eigenvalue weighted by atomic mass is 32.2. The van der Waals surface area contributed by atoms with E-state index < -0.39 is 10.0 Å². The molecule has 2 aromatic rings. The predicted molar refractivity (Wildman–Crippen MR) is 121 cm³/mol. The maximum absolute atomic E-state index is 12.6. The van der Waals surface area contributed by atoms with Crippen molar-refractivity contribution in [2.75, 3.05) is 32.1 Å². The highest BCUT2D eigenvalue weighted by Crippen LogP contribution is 2.25. The lowest BCUT2D eigenvalue weighted by molar-refractivity contribution is -0.125. The van der Waals surface area contributed by atoms with Gasteiger partial charge in [-0.25, -0.2) is 13.1 Å². The third-order valence-electron chi connectivity index (χ3n) is 5.35. The molecule has 1 heterocycles. The van der Waals surface area contributed by atoms with Gasteiger partial charge in [0.2, 0.25) is 15.9 Å². The molecule has 1 fully saturated rings. The van der Waals surface area contributed by atoms with Crippen LogP contribution < -0.4 is 9.62 Å². The minimum atomic E-state index is -3.46. The fourth-order valence-corrected chi connectivity index (χ4v) is 4.32. The molecule has 2 aromatic carbocycles. The van der Waals surface area contributed by atoms with Crippen molar-refractivity contribution in [2.24, 2.45) is 0 Å². The van der Waals surface area contributed by atoms with Crippen LogP contribution in [-0.4, -0.2) is 46.4 Å². The number of carbonyl (C=O) groups excluding carboxylic acids is 1. The van der Waals surface area contributed by atoms with E-state index in [1.807, 2.05) is 12.1 Å². The molecule has 1 saturated heterocycles. The quantitative estimate of drug-likeness (QED) is 0.689. The lowest BCUT2D eigenvalue weighted by Gasteiger charge is -2.31. The van der Waals surface area contributed by atoms with Gasteiger partial charge in [-0.1, -0.05) is 30.3 Å². The van der Waals surface area contributed by atoms with E-state index in [2.05, 4.69) is 21.8 Å². The van der Waals surface area contributed by atoms with Gasteiger partial charge in [0, 0.05) is 38.4 Å². The number of nitrogens with one attached hydrogen (secondary N) is 1. The normalized spacial score (nSPS) is 14.8. The Morgan fingerprint density at radius 3 is 2.40 bits per heavy atom. The molecule has 0 aliphatic carbocycles. The molecule has 0 atom stereocenters. The molecule has 0 saturated carbocycles. The van der Waals surface area contributed by atoms with Crippen molar-refractivity contribution < 1.29 is 13.2 Å². The van der Waals surface area contributed by atoms with E-state index in [4.69, 9.17) is 0 Å². The molecule has 1 aliphatic heterocycles. The maximum atomic E-state index is 12.6. The molecule has 1 aliphatic rings. The Kier molecular flexibility index (Phi) is 7.29. The van der Waals surface area contributed by atoms with Gasteiger partial charge in [-0.15, -0.1) is 0 Å². The lowest BCUT2D eigenvalue weighted by atomic mass is 10.1. The van der Waals surface area contributed by atoms with Crippen LogP contribution in [0.4, 0.5) is 5.69 Å². The number of carbonyl (C=O) groups is 1. The van der Waals surface area contributed by atoms with Crippen LogP contribution in [-0.2, 0) is 21.4 Å². The van der Waals surface area contributed by atoms with Crippen molar-refractivity contribution in [1.82, 2.24) is 9.62 Å². The number of likely N-dealkylation sites (N-methyl/N-ethyl adjacent to an activating group) is 1. The van der Waals surface area contributed by atoms with Crippen molar-refractivity contribution >= 4 is 27.7 Å². The second kappa shape index (κ2) is 9.91. The number of piperidine rings is 1. The number of hydrogen-bond donors (Lipinski definition) is 1. The van der Waals surface area contributed by atoms with E-state index >= 15 is 0 Å². The van der Waals surface area contributed by atoms with Crippen LogP contribution in [0.5, 0.6) is 0 Å². The van der Waals surface area contributed by atoms with Crippen LogP contribution in [0.25, 0.3) is 6.08 Å². The Balaban J connectivity index is 1.65. The summed E-state index contributed by atoms with van der Waals surface area (Å²) in [5.41, 5.74) is 3.12. The molecule has 30 heavy (non-hydrogen) atoms. The topological polar surface area (TPSA) is 69.7 Å². The molecular formula is C23H29N3O3S. The second-order valence-corrected chi connectivity index (χ2v) is 9.37. The number of nitrogens with zero attached hydrogens (tertiary/aromatic N) is 2. The van der Waals surface area contributed by atoms with Crippen molar-refractivity contribution in [2.45, 2.75) is 30.7 Å². The van der Waals surface area contributed by atoms with Gasteiger partial charge >= 0.3 is 0 Å². The summed E-state index contributed by atoms with van der Waals surface area (Å²) in [5, 5.41) is 0. The molecule has 0 unspecified atom stereocenters. The summed E-state index contributed by atoms with van der Waals surface area (Å²) in [7, 11) is -0.291. The first-order valence-electron chi connectivity index (χ1n) is 10.2. The van der Waals surface area contributed by atoms with Gasteiger partial charge in [-0.05, 0) is 61.7 Å². The van der Waals surface area contributed by atoms with Crippen molar-refractivity contribution in [3.63, 3.8) is 0 Å². The van der Waals surface area contributed by atoms with Crippen molar-refractivity contribution in [3.8, 4) is 0 Å². The molecular weight excluding hydrogens is 398 g/mol. The van der Waals surface area contributed by atoms with E-state index in [0.717, 1.165) is 24.2 Å². The van der Waals surface area contributed by atoms with Gasteiger partial charge in [0.15, 0.2) is 0 Å². The molecule has 1 N–H and O–H groups in total. The average molecular weight is 428 g/mol. The van der Waals surface area contributed by atoms with E-state index in [1.165, 1.54) is 50.2 Å². The number of hydrogen-bond acceptors (Lipinski definition) is 4. The Hall–Kier alpha value is -2.64. The Bertz CT molecular complexity index is 995. The van der Waals surface area contributed by atoms with Gasteiger partial charge in [0.05, 0.1) is 4.90 Å². The molecule has 1 amide bonds. The number of rotatable bonds is 7. The van der Waals surface area contributed by atoms with E-state index in [0.29, 0.717) is 6.54 Å². The molecule has 0 spiro atoms. The van der Waals surface area contributed by atoms with Crippen LogP contribution in [0.3, 0.4) is 0 Å². The highest BCUT2D eigenvalue weighted by molar-refractivity contribution is 7.89. The molecule has 0 bridgehead atoms. The van der Waals surface area contributed by atoms with Crippen molar-refractivity contribution in [3.05, 3.63) is 65.7 Å². The summed E-state index contributed by atoms with van der Waals surface area (Å²) in [5.74, 6) is -0.102. The van der Waals surface area contributed by atoms with Crippen LogP contribution in [0.1, 0.15) is 30.4 Å². The van der Waals surface area contributed by atoms with Gasteiger partial charge in [-0.3, -0.25) is 4.79 Å². The Labute approximate surface area is 179 Å². The second-order valence-electron chi connectivity index (χ2n) is 7.48. The molecule has 7 heteroatoms. The maximum Gasteiger partial charge on any atom is 0.246 e. The van der Waals surface area contributed by atoms with E-state index in [-0.39, 0.29) is 10.8 Å². The fourth-order valence-electron chi connectivity index (χ4n) is 3.59. The summed E-state index contributed by atoms with van der Waals surface area (Å²) < 4.78 is 25.9. The fraction of sp³-hybridized carbons (Fsp3) is 0.348. The summed E-state index contributed by atoms with van der Waals surface area (Å²) in [6, 6.07) is 14.7. The summed E-state index contributed by atoms with van der Waals surface area (Å²) >= 11 is 0. The minimum absolute atomic E-state index is 0.102. The minimum Gasteiger partial charge on any atom is -0.371 e. The summed E-state index contributed by atoms with van der Waals surface area (Å²) in [4.78, 5) is 16.9. The summed E-state index contributed by atoms with van der Waals surface area (Å²) in [6.45, 7) is 2.66. The smallest absolute Gasteiger partial charge is 0.246 e. The van der Waals surface area contributed by atoms with Gasteiger partial charge in [0.1, 0.15) is 0 Å². The van der Waals surface area contributed by atoms with E-state index in [1.54, 1.807) is 30.2 Å². The predicted octanol–water partition coefficient (Wildman–Crippen LogP) is 3.26. The zero-order valence-electron chi connectivity index (χ0n) is 17.5. The van der Waals surface area contributed by atoms with Crippen molar-refractivity contribution in [1.29, 1.82) is 0 Å². The average Bonchev–Trinajstić information content (AvgIpc) is 2.78. The first-order valence-corrected chi connectivity index (χ1v) is 11.7. The Morgan fingerprint density at radius 1 is 1.07 bits per heavy atom. The van der Waals surface area contributed by atoms with Crippen LogP contribution >= 0.6 is 0 Å². The summed E-state index contributed by atoms with van der Waals surface area (Å²) in [6.07, 6.45) is 6.92. The molecule has 3 rings (SSSR count). The first kappa shape index (κ1) is 22.1. The number of amides is 1. The monoisotopic (exact) mass is 427 g/mol. The third-order valence-corrected chi connectivity index (χ3v) is 6.78. The third kappa shape index (κ3) is 5.49. The zero-order valence-corrected chi connectivity index (χ0v) is 18.4. The standard InChI is InChI=1S/C23H29N3O3S/c1-24-30(28,29)21-13-10-19(11-14-21)12-15-23(27)25(2)18-20-8-4-5-9-22(20)26-16-6-3-7-17-26/h4-5,8-15,24H,3,6-7,16-18H2,1-2H3/b15-12+. The van der Waals surface area contributed by atoms with Gasteiger partial charge < -0.3 is 9.80 Å². The van der Waals surface area contributed by atoms with E-state index in [9.17, 15) is 13.2 Å². The lowest BCUT2D eigenvalue weighted by Crippen LogP contribution is -2.31. The number of sulfonamides is 1. The largest absolute Gasteiger partial charge is 0.371 e. The zero-order chi connectivity index (χ0) is 21.6. The first-order chi connectivity index (χ1) is 14.4. The molecule has 6 nitrogen and oxygen atoms in total. The van der Waals surface area contributed by atoms with Gasteiger partial charge in [-0.2, -0.15) is 0 Å². The number of benzene rings is 2. The highest BCUT2D eigenvalue weighted by Gasteiger charge is 2.16. The molecule has 0 aromatic heterocycles. The molecule has 160 valence electrons. The SMILES string of the molecule is CNS(=O)(=O)c1ccc(/C=C/C(=O)N(C)Cc2ccccc2N2CCCCC2)cc1. The van der Waals surface area contributed by atoms with Crippen LogP contribution in [0.2, 0.25) is 0 Å². The Morgan fingerprint density at radius 2 is 1.73 bits per heavy atom. The molecule has 0 radical (unpaired) electrons. The van der Waals surface area contributed by atoms with Gasteiger partial charge in [0.25, 0.3) is 0 Å². The number of para-hydroxylation sites is 1. The number of anilines is 1. The van der Waals surface area contributed by atoms with Crippen LogP contribution in [0.15, 0.2) is 59.5 Å². The van der Waals surface area contributed by atoms with Crippen LogP contribution in [0, 0.1) is 0 Å².